The molecule has 1 atom stereocenters. The number of carbonyl (C=O) groups is 1. The van der Waals surface area contributed by atoms with Gasteiger partial charge in [0.25, 0.3) is 0 Å². The molecule has 0 radical (unpaired) electrons. The number of carbonyl (C=O) groups excluding carboxylic acids is 1. The second kappa shape index (κ2) is 7.83. The topological polar surface area (TPSA) is 26.3 Å². The first-order valence-electron chi connectivity index (χ1n) is 6.73. The molecular formula is C14H28O2. The van der Waals surface area contributed by atoms with Crippen LogP contribution in [0.15, 0.2) is 0 Å². The van der Waals surface area contributed by atoms with Crippen molar-refractivity contribution in [3.05, 3.63) is 0 Å². The fraction of sp³-hybridized carbons (Fsp3) is 0.929. The highest BCUT2D eigenvalue weighted by atomic mass is 16.5. The van der Waals surface area contributed by atoms with Crippen LogP contribution in [0, 0.1) is 5.92 Å². The molecule has 0 N–H and O–H groups in total. The van der Waals surface area contributed by atoms with Gasteiger partial charge in [0.15, 0.2) is 5.78 Å². The molecule has 1 unspecified atom stereocenters. The van der Waals surface area contributed by atoms with Crippen molar-refractivity contribution in [1.82, 2.24) is 0 Å². The minimum atomic E-state index is -0.517. The molecule has 0 fully saturated rings. The first-order chi connectivity index (χ1) is 7.56. The Hall–Kier alpha value is -0.370. The standard InChI is InChI=1S/C14H28O2/c1-6-10-12(5)11-13(15)14(7-2,8-3)16-9-4/h12H,6-11H2,1-5H3. The van der Waals surface area contributed by atoms with Crippen molar-refractivity contribution in [2.45, 2.75) is 72.3 Å². The molecule has 16 heavy (non-hydrogen) atoms. The van der Waals surface area contributed by atoms with E-state index in [2.05, 4.69) is 13.8 Å². The molecule has 0 aliphatic heterocycles. The Morgan fingerprint density at radius 2 is 1.75 bits per heavy atom. The summed E-state index contributed by atoms with van der Waals surface area (Å²) in [5, 5.41) is 0. The Balaban J connectivity index is 4.48. The molecule has 0 heterocycles. The predicted molar refractivity (Wildman–Crippen MR) is 68.6 cm³/mol. The fourth-order valence-corrected chi connectivity index (χ4v) is 2.30. The van der Waals surface area contributed by atoms with E-state index in [0.717, 1.165) is 25.7 Å². The number of Topliss-reactive ketones (excluding diaryl/α,β-unsaturated/α-hetero) is 1. The second-order valence-electron chi connectivity index (χ2n) is 4.66. The molecule has 0 amide bonds. The first kappa shape index (κ1) is 15.6. The average molecular weight is 228 g/mol. The molecule has 0 rings (SSSR count). The Labute approximate surface area is 101 Å². The first-order valence-corrected chi connectivity index (χ1v) is 6.73. The van der Waals surface area contributed by atoms with Crippen LogP contribution in [-0.2, 0) is 9.53 Å². The lowest BCUT2D eigenvalue weighted by molar-refractivity contribution is -0.146. The molecule has 0 aromatic heterocycles. The summed E-state index contributed by atoms with van der Waals surface area (Å²) in [5.74, 6) is 0.774. The van der Waals surface area contributed by atoms with Gasteiger partial charge >= 0.3 is 0 Å². The van der Waals surface area contributed by atoms with Gasteiger partial charge in [-0.3, -0.25) is 4.79 Å². The summed E-state index contributed by atoms with van der Waals surface area (Å²) >= 11 is 0. The van der Waals surface area contributed by atoms with Gasteiger partial charge in [0.05, 0.1) is 0 Å². The summed E-state index contributed by atoms with van der Waals surface area (Å²) in [7, 11) is 0. The van der Waals surface area contributed by atoms with Crippen LogP contribution in [0.3, 0.4) is 0 Å². The number of hydrogen-bond acceptors (Lipinski definition) is 2. The summed E-state index contributed by atoms with van der Waals surface area (Å²) in [5.41, 5.74) is -0.517. The second-order valence-corrected chi connectivity index (χ2v) is 4.66. The highest BCUT2D eigenvalue weighted by Gasteiger charge is 2.35. The quantitative estimate of drug-likeness (QED) is 0.596. The normalized spacial score (nSPS) is 13.8. The van der Waals surface area contributed by atoms with Gasteiger partial charge in [0.2, 0.25) is 0 Å². The van der Waals surface area contributed by atoms with Crippen LogP contribution in [0.5, 0.6) is 0 Å². The summed E-state index contributed by atoms with van der Waals surface area (Å²) in [6, 6.07) is 0. The van der Waals surface area contributed by atoms with Crippen molar-refractivity contribution in [3.8, 4) is 0 Å². The van der Waals surface area contributed by atoms with Gasteiger partial charge < -0.3 is 4.74 Å². The largest absolute Gasteiger partial charge is 0.368 e. The van der Waals surface area contributed by atoms with Gasteiger partial charge in [-0.25, -0.2) is 0 Å². The zero-order valence-electron chi connectivity index (χ0n) is 11.6. The summed E-state index contributed by atoms with van der Waals surface area (Å²) < 4.78 is 5.72. The molecule has 0 aromatic carbocycles. The third-order valence-corrected chi connectivity index (χ3v) is 3.39. The van der Waals surface area contributed by atoms with Crippen LogP contribution in [0.1, 0.15) is 66.7 Å². The number of ketones is 1. The molecular weight excluding hydrogens is 200 g/mol. The summed E-state index contributed by atoms with van der Waals surface area (Å²) in [6.45, 7) is 11.0. The highest BCUT2D eigenvalue weighted by molar-refractivity contribution is 5.87. The maximum Gasteiger partial charge on any atom is 0.164 e. The van der Waals surface area contributed by atoms with Crippen LogP contribution in [0.4, 0.5) is 0 Å². The molecule has 0 spiro atoms. The van der Waals surface area contributed by atoms with Crippen molar-refractivity contribution in [1.29, 1.82) is 0 Å². The maximum atomic E-state index is 12.3. The van der Waals surface area contributed by atoms with Gasteiger partial charge in [-0.2, -0.15) is 0 Å². The third-order valence-electron chi connectivity index (χ3n) is 3.39. The van der Waals surface area contributed by atoms with Crippen LogP contribution in [-0.4, -0.2) is 18.0 Å². The van der Waals surface area contributed by atoms with E-state index in [1.54, 1.807) is 0 Å². The molecule has 96 valence electrons. The van der Waals surface area contributed by atoms with Gasteiger partial charge in [-0.05, 0) is 25.7 Å². The summed E-state index contributed by atoms with van der Waals surface area (Å²) in [6.07, 6.45) is 4.51. The van der Waals surface area contributed by atoms with E-state index in [9.17, 15) is 4.79 Å². The third kappa shape index (κ3) is 4.25. The molecule has 2 heteroatoms. The SMILES string of the molecule is CCCC(C)CC(=O)C(CC)(CC)OCC. The Morgan fingerprint density at radius 1 is 1.19 bits per heavy atom. The van der Waals surface area contributed by atoms with E-state index >= 15 is 0 Å². The number of rotatable bonds is 9. The minimum absolute atomic E-state index is 0.292. The van der Waals surface area contributed by atoms with E-state index in [-0.39, 0.29) is 0 Å². The van der Waals surface area contributed by atoms with E-state index < -0.39 is 5.60 Å². The Bertz CT molecular complexity index is 195. The predicted octanol–water partition coefficient (Wildman–Crippen LogP) is 3.98. The van der Waals surface area contributed by atoms with Crippen LogP contribution < -0.4 is 0 Å². The highest BCUT2D eigenvalue weighted by Crippen LogP contribution is 2.26. The summed E-state index contributed by atoms with van der Waals surface area (Å²) in [4.78, 5) is 12.3. The molecule has 0 saturated carbocycles. The molecule has 0 saturated heterocycles. The van der Waals surface area contributed by atoms with Gasteiger partial charge in [0.1, 0.15) is 5.60 Å². The van der Waals surface area contributed by atoms with Crippen molar-refractivity contribution < 1.29 is 9.53 Å². The van der Waals surface area contributed by atoms with E-state index in [1.165, 1.54) is 0 Å². The van der Waals surface area contributed by atoms with Crippen molar-refractivity contribution >= 4 is 5.78 Å². The number of ether oxygens (including phenoxy) is 1. The molecule has 0 aromatic rings. The van der Waals surface area contributed by atoms with Crippen molar-refractivity contribution in [3.63, 3.8) is 0 Å². The average Bonchev–Trinajstić information content (AvgIpc) is 2.26. The van der Waals surface area contributed by atoms with Crippen LogP contribution in [0.25, 0.3) is 0 Å². The smallest absolute Gasteiger partial charge is 0.164 e. The van der Waals surface area contributed by atoms with Gasteiger partial charge in [-0.15, -0.1) is 0 Å². The van der Waals surface area contributed by atoms with Crippen molar-refractivity contribution in [2.24, 2.45) is 5.92 Å². The minimum Gasteiger partial charge on any atom is -0.368 e. The zero-order valence-corrected chi connectivity index (χ0v) is 11.6. The molecule has 0 bridgehead atoms. The lowest BCUT2D eigenvalue weighted by Crippen LogP contribution is -2.41. The maximum absolute atomic E-state index is 12.3. The van der Waals surface area contributed by atoms with Crippen LogP contribution in [0.2, 0.25) is 0 Å². The van der Waals surface area contributed by atoms with Gasteiger partial charge in [-0.1, -0.05) is 40.5 Å². The fourth-order valence-electron chi connectivity index (χ4n) is 2.30. The van der Waals surface area contributed by atoms with E-state index in [0.29, 0.717) is 24.7 Å². The zero-order chi connectivity index (χ0) is 12.6. The van der Waals surface area contributed by atoms with E-state index in [4.69, 9.17) is 4.74 Å². The molecule has 0 aliphatic carbocycles. The monoisotopic (exact) mass is 228 g/mol. The lowest BCUT2D eigenvalue weighted by atomic mass is 9.85. The lowest BCUT2D eigenvalue weighted by Gasteiger charge is -2.31. The van der Waals surface area contributed by atoms with Gasteiger partial charge in [0, 0.05) is 13.0 Å². The molecule has 0 aliphatic rings. The Kier molecular flexibility index (Phi) is 7.65. The van der Waals surface area contributed by atoms with E-state index in [1.807, 2.05) is 20.8 Å². The Morgan fingerprint density at radius 3 is 2.12 bits per heavy atom. The number of hydrogen-bond donors (Lipinski definition) is 0. The van der Waals surface area contributed by atoms with Crippen LogP contribution >= 0.6 is 0 Å². The molecule has 2 nitrogen and oxygen atoms in total. The van der Waals surface area contributed by atoms with Crippen molar-refractivity contribution in [2.75, 3.05) is 6.61 Å².